The van der Waals surface area contributed by atoms with Gasteiger partial charge in [-0.15, -0.1) is 0 Å². The van der Waals surface area contributed by atoms with Crippen molar-refractivity contribution in [3.05, 3.63) is 95.6 Å². The molecule has 0 atom stereocenters. The van der Waals surface area contributed by atoms with Crippen LogP contribution in [0.3, 0.4) is 0 Å². The minimum atomic E-state index is 0.303. The van der Waals surface area contributed by atoms with Crippen LogP contribution in [0.4, 0.5) is 5.95 Å². The van der Waals surface area contributed by atoms with Crippen LogP contribution in [-0.2, 0) is 13.6 Å². The third-order valence-electron chi connectivity index (χ3n) is 6.39. The standard InChI is InChI=1S/C26H29N5/c1-29-24-13-12-20(18-23(24)28-26(29)27)19-30-14-16-31(17-15-30)25(21-8-4-2-5-9-21)22-10-6-3-7-11-22/h2-13,18,25H,14-17,19H2,1H3,(H2,27,28). The molecule has 0 amide bonds. The van der Waals surface area contributed by atoms with E-state index in [0.29, 0.717) is 12.0 Å². The summed E-state index contributed by atoms with van der Waals surface area (Å²) in [6.45, 7) is 5.15. The van der Waals surface area contributed by atoms with Crippen molar-refractivity contribution in [1.29, 1.82) is 0 Å². The number of fused-ring (bicyclic) bond motifs is 1. The maximum atomic E-state index is 5.96. The number of aryl methyl sites for hydroxylation is 1. The molecule has 1 fully saturated rings. The van der Waals surface area contributed by atoms with Gasteiger partial charge in [-0.05, 0) is 28.8 Å². The molecule has 1 saturated heterocycles. The number of anilines is 1. The van der Waals surface area contributed by atoms with Crippen molar-refractivity contribution in [3.63, 3.8) is 0 Å². The summed E-state index contributed by atoms with van der Waals surface area (Å²) in [4.78, 5) is 9.64. The second-order valence-corrected chi connectivity index (χ2v) is 8.39. The number of nitrogens with two attached hydrogens (primary N) is 1. The number of rotatable bonds is 5. The van der Waals surface area contributed by atoms with Gasteiger partial charge in [0.25, 0.3) is 0 Å². The van der Waals surface area contributed by atoms with Gasteiger partial charge in [0.05, 0.1) is 17.1 Å². The van der Waals surface area contributed by atoms with E-state index in [1.165, 1.54) is 16.7 Å². The van der Waals surface area contributed by atoms with Crippen LogP contribution in [0.25, 0.3) is 11.0 Å². The quantitative estimate of drug-likeness (QED) is 0.538. The molecule has 31 heavy (non-hydrogen) atoms. The summed E-state index contributed by atoms with van der Waals surface area (Å²) in [5.41, 5.74) is 12.0. The third kappa shape index (κ3) is 4.07. The van der Waals surface area contributed by atoms with Crippen molar-refractivity contribution in [2.75, 3.05) is 31.9 Å². The molecular weight excluding hydrogens is 382 g/mol. The van der Waals surface area contributed by atoms with Gasteiger partial charge < -0.3 is 10.3 Å². The van der Waals surface area contributed by atoms with Crippen molar-refractivity contribution >= 4 is 17.0 Å². The Morgan fingerprint density at radius 3 is 2.06 bits per heavy atom. The summed E-state index contributed by atoms with van der Waals surface area (Å²) in [6, 6.07) is 28.6. The van der Waals surface area contributed by atoms with E-state index >= 15 is 0 Å². The molecule has 5 rings (SSSR count). The summed E-state index contributed by atoms with van der Waals surface area (Å²) in [5, 5.41) is 0. The van der Waals surface area contributed by atoms with Gasteiger partial charge in [0.1, 0.15) is 0 Å². The van der Waals surface area contributed by atoms with E-state index in [1.54, 1.807) is 0 Å². The number of hydrogen-bond acceptors (Lipinski definition) is 4. The average Bonchev–Trinajstić information content (AvgIpc) is 3.09. The lowest BCUT2D eigenvalue weighted by atomic mass is 9.96. The van der Waals surface area contributed by atoms with Crippen molar-refractivity contribution in [1.82, 2.24) is 19.4 Å². The highest BCUT2D eigenvalue weighted by atomic mass is 15.3. The Morgan fingerprint density at radius 1 is 0.839 bits per heavy atom. The fraction of sp³-hybridized carbons (Fsp3) is 0.269. The highest BCUT2D eigenvalue weighted by molar-refractivity contribution is 5.78. The predicted molar refractivity (Wildman–Crippen MR) is 127 cm³/mol. The van der Waals surface area contributed by atoms with Crippen LogP contribution in [0.15, 0.2) is 78.9 Å². The van der Waals surface area contributed by atoms with Gasteiger partial charge in [0.2, 0.25) is 5.95 Å². The summed E-state index contributed by atoms with van der Waals surface area (Å²) >= 11 is 0. The molecule has 0 spiro atoms. The average molecular weight is 412 g/mol. The molecule has 158 valence electrons. The maximum absolute atomic E-state index is 5.96. The Morgan fingerprint density at radius 2 is 1.45 bits per heavy atom. The smallest absolute Gasteiger partial charge is 0.200 e. The van der Waals surface area contributed by atoms with E-state index in [4.69, 9.17) is 5.73 Å². The highest BCUT2D eigenvalue weighted by Gasteiger charge is 2.26. The Hall–Kier alpha value is -3.15. The molecule has 0 aliphatic carbocycles. The highest BCUT2D eigenvalue weighted by Crippen LogP contribution is 2.29. The molecule has 5 heteroatoms. The SMILES string of the molecule is Cn1c(N)nc2cc(CN3CCN(C(c4ccccc4)c4ccccc4)CC3)ccc21. The van der Waals surface area contributed by atoms with E-state index in [2.05, 4.69) is 93.6 Å². The van der Waals surface area contributed by atoms with Gasteiger partial charge in [-0.1, -0.05) is 66.7 Å². The van der Waals surface area contributed by atoms with Crippen LogP contribution in [0, 0.1) is 0 Å². The summed E-state index contributed by atoms with van der Waals surface area (Å²) < 4.78 is 1.94. The van der Waals surface area contributed by atoms with Crippen LogP contribution in [0.2, 0.25) is 0 Å². The molecule has 2 N–H and O–H groups in total. The second-order valence-electron chi connectivity index (χ2n) is 8.39. The van der Waals surface area contributed by atoms with Crippen LogP contribution >= 0.6 is 0 Å². The van der Waals surface area contributed by atoms with Gasteiger partial charge in [0.15, 0.2) is 0 Å². The van der Waals surface area contributed by atoms with Crippen molar-refractivity contribution < 1.29 is 0 Å². The first-order valence-electron chi connectivity index (χ1n) is 11.0. The Bertz CT molecular complexity index is 1110. The van der Waals surface area contributed by atoms with E-state index < -0.39 is 0 Å². The fourth-order valence-electron chi connectivity index (χ4n) is 4.68. The predicted octanol–water partition coefficient (Wildman–Crippen LogP) is 4.06. The lowest BCUT2D eigenvalue weighted by molar-refractivity contribution is 0.105. The molecule has 0 bridgehead atoms. The number of piperazine rings is 1. The molecule has 2 heterocycles. The molecule has 1 aliphatic heterocycles. The van der Waals surface area contributed by atoms with Gasteiger partial charge >= 0.3 is 0 Å². The number of nitrogen functional groups attached to an aromatic ring is 1. The zero-order chi connectivity index (χ0) is 21.2. The van der Waals surface area contributed by atoms with E-state index in [9.17, 15) is 0 Å². The summed E-state index contributed by atoms with van der Waals surface area (Å²) in [7, 11) is 1.96. The zero-order valence-corrected chi connectivity index (χ0v) is 18.0. The molecule has 1 aromatic heterocycles. The molecule has 5 nitrogen and oxygen atoms in total. The number of benzene rings is 3. The Kier molecular flexibility index (Phi) is 5.45. The topological polar surface area (TPSA) is 50.3 Å². The maximum Gasteiger partial charge on any atom is 0.200 e. The molecule has 1 aliphatic rings. The molecule has 4 aromatic rings. The minimum Gasteiger partial charge on any atom is -0.369 e. The Labute approximate surface area is 183 Å². The van der Waals surface area contributed by atoms with Crippen LogP contribution < -0.4 is 5.73 Å². The molecular formula is C26H29N5. The van der Waals surface area contributed by atoms with Crippen LogP contribution in [0.5, 0.6) is 0 Å². The van der Waals surface area contributed by atoms with E-state index in [0.717, 1.165) is 43.8 Å². The lowest BCUT2D eigenvalue weighted by Gasteiger charge is -2.39. The molecule has 3 aromatic carbocycles. The minimum absolute atomic E-state index is 0.303. The number of hydrogen-bond donors (Lipinski definition) is 1. The van der Waals surface area contributed by atoms with Gasteiger partial charge in [-0.2, -0.15) is 0 Å². The lowest BCUT2D eigenvalue weighted by Crippen LogP contribution is -2.47. The molecule has 0 unspecified atom stereocenters. The normalized spacial score (nSPS) is 15.7. The number of imidazole rings is 1. The first-order valence-corrected chi connectivity index (χ1v) is 11.0. The van der Waals surface area contributed by atoms with Crippen molar-refractivity contribution in [3.8, 4) is 0 Å². The summed E-state index contributed by atoms with van der Waals surface area (Å²) in [6.07, 6.45) is 0. The first-order chi connectivity index (χ1) is 15.2. The van der Waals surface area contributed by atoms with Gasteiger partial charge in [0, 0.05) is 39.8 Å². The Balaban J connectivity index is 1.30. The van der Waals surface area contributed by atoms with E-state index in [-0.39, 0.29) is 0 Å². The van der Waals surface area contributed by atoms with Crippen LogP contribution in [-0.4, -0.2) is 45.5 Å². The second kappa shape index (κ2) is 8.53. The fourth-order valence-corrected chi connectivity index (χ4v) is 4.68. The first kappa shape index (κ1) is 19.8. The third-order valence-corrected chi connectivity index (χ3v) is 6.39. The van der Waals surface area contributed by atoms with Crippen molar-refractivity contribution in [2.24, 2.45) is 7.05 Å². The van der Waals surface area contributed by atoms with E-state index in [1.807, 2.05) is 11.6 Å². The van der Waals surface area contributed by atoms with Crippen LogP contribution in [0.1, 0.15) is 22.7 Å². The number of nitrogens with zero attached hydrogens (tertiary/aromatic N) is 4. The van der Waals surface area contributed by atoms with Crippen molar-refractivity contribution in [2.45, 2.75) is 12.6 Å². The largest absolute Gasteiger partial charge is 0.369 e. The molecule has 0 saturated carbocycles. The zero-order valence-electron chi connectivity index (χ0n) is 18.0. The number of aromatic nitrogens is 2. The van der Waals surface area contributed by atoms with Gasteiger partial charge in [-0.25, -0.2) is 4.98 Å². The molecule has 0 radical (unpaired) electrons. The monoisotopic (exact) mass is 411 g/mol. The summed E-state index contributed by atoms with van der Waals surface area (Å²) in [5.74, 6) is 0.564. The van der Waals surface area contributed by atoms with Gasteiger partial charge in [-0.3, -0.25) is 9.80 Å².